The van der Waals surface area contributed by atoms with Crippen LogP contribution in [-0.4, -0.2) is 21.9 Å². The van der Waals surface area contributed by atoms with E-state index >= 15 is 0 Å². The lowest BCUT2D eigenvalue weighted by Gasteiger charge is -2.29. The number of aromatic nitrogens is 2. The number of fused-ring (bicyclic) bond motifs is 2. The topological polar surface area (TPSA) is 67.3 Å². The fourth-order valence-electron chi connectivity index (χ4n) is 3.98. The third kappa shape index (κ3) is 3.57. The van der Waals surface area contributed by atoms with Gasteiger partial charge in [-0.05, 0) is 34.6 Å². The summed E-state index contributed by atoms with van der Waals surface area (Å²) in [6.07, 6.45) is 2.65. The molecule has 0 fully saturated rings. The number of nitrogens with zero attached hydrogens (tertiary/aromatic N) is 2. The van der Waals surface area contributed by atoms with E-state index in [9.17, 15) is 4.79 Å². The van der Waals surface area contributed by atoms with Crippen LogP contribution >= 0.6 is 0 Å². The molecule has 5 nitrogen and oxygen atoms in total. The number of rotatable bonds is 4. The van der Waals surface area contributed by atoms with E-state index < -0.39 is 0 Å². The summed E-state index contributed by atoms with van der Waals surface area (Å²) in [5, 5.41) is 14.5. The van der Waals surface area contributed by atoms with Gasteiger partial charge in [-0.2, -0.15) is 5.10 Å². The highest BCUT2D eigenvalue weighted by molar-refractivity contribution is 6.04. The van der Waals surface area contributed by atoms with Crippen molar-refractivity contribution in [2.24, 2.45) is 10.6 Å². The zero-order valence-electron chi connectivity index (χ0n) is 16.6. The first kappa shape index (κ1) is 18.4. The molecule has 5 heteroatoms. The second-order valence-corrected chi connectivity index (χ2v) is 8.21. The summed E-state index contributed by atoms with van der Waals surface area (Å²) >= 11 is 0. The molecule has 0 radical (unpaired) electrons. The number of carbonyl (C=O) groups is 1. The van der Waals surface area contributed by atoms with Crippen LogP contribution in [0.25, 0.3) is 10.8 Å². The molecule has 144 valence electrons. The van der Waals surface area contributed by atoms with Gasteiger partial charge in [0, 0.05) is 24.1 Å². The van der Waals surface area contributed by atoms with Crippen LogP contribution in [0.2, 0.25) is 0 Å². The van der Waals surface area contributed by atoms with Crippen LogP contribution < -0.4 is 0 Å². The largest absolute Gasteiger partial charge is 0.334 e. The van der Waals surface area contributed by atoms with E-state index in [-0.39, 0.29) is 11.4 Å². The smallest absolute Gasteiger partial charge is 0.318 e. The molecule has 0 atom stereocenters. The van der Waals surface area contributed by atoms with Crippen molar-refractivity contribution in [1.29, 1.82) is 0 Å². The Balaban J connectivity index is 1.74. The van der Waals surface area contributed by atoms with Gasteiger partial charge in [0.1, 0.15) is 0 Å². The maximum absolute atomic E-state index is 11.6. The average Bonchev–Trinajstić information content (AvgIpc) is 3.07. The third-order valence-electron chi connectivity index (χ3n) is 5.29. The lowest BCUT2D eigenvalue weighted by Crippen LogP contribution is -2.28. The Morgan fingerprint density at radius 2 is 1.96 bits per heavy atom. The second-order valence-electron chi connectivity index (χ2n) is 8.21. The number of H-pyrrole nitrogens is 1. The predicted octanol–water partition coefficient (Wildman–Crippen LogP) is 4.78. The maximum Gasteiger partial charge on any atom is 0.334 e. The number of nitrogens with one attached hydrogen (secondary N) is 1. The number of benzene rings is 2. The molecular formula is C23H25N3O2. The molecule has 0 aliphatic heterocycles. The summed E-state index contributed by atoms with van der Waals surface area (Å²) in [6, 6.07) is 14.7. The molecule has 4 rings (SSSR count). The molecule has 0 spiro atoms. The molecule has 1 N–H and O–H groups in total. The predicted molar refractivity (Wildman–Crippen MR) is 110 cm³/mol. The number of oxime groups is 1. The number of hydrogen-bond donors (Lipinski definition) is 1. The molecule has 1 aliphatic carbocycles. The van der Waals surface area contributed by atoms with E-state index in [1.807, 2.05) is 0 Å². The van der Waals surface area contributed by atoms with Crippen molar-refractivity contribution in [2.75, 3.05) is 0 Å². The first-order chi connectivity index (χ1) is 13.5. The Kier molecular flexibility index (Phi) is 4.75. The van der Waals surface area contributed by atoms with E-state index in [4.69, 9.17) is 4.84 Å². The lowest BCUT2D eigenvalue weighted by atomic mass is 9.75. The molecular weight excluding hydrogens is 350 g/mol. The van der Waals surface area contributed by atoms with E-state index in [0.29, 0.717) is 12.8 Å². The van der Waals surface area contributed by atoms with Gasteiger partial charge < -0.3 is 4.84 Å². The highest BCUT2D eigenvalue weighted by Crippen LogP contribution is 2.36. The minimum atomic E-state index is -0.323. The Morgan fingerprint density at radius 3 is 2.79 bits per heavy atom. The van der Waals surface area contributed by atoms with Crippen LogP contribution in [0.4, 0.5) is 0 Å². The van der Waals surface area contributed by atoms with Gasteiger partial charge in [-0.3, -0.25) is 5.10 Å². The van der Waals surface area contributed by atoms with Crippen molar-refractivity contribution in [3.63, 3.8) is 0 Å². The summed E-state index contributed by atoms with van der Waals surface area (Å²) in [5.74, 6) is -0.323. The zero-order valence-corrected chi connectivity index (χ0v) is 16.6. The van der Waals surface area contributed by atoms with E-state index in [1.54, 1.807) is 6.92 Å². The third-order valence-corrected chi connectivity index (χ3v) is 5.29. The first-order valence-electron chi connectivity index (χ1n) is 9.76. The standard InChI is InChI=1S/C23H25N3O2/c1-4-21(27)28-26-20-14-23(2,3)13-19-22(20)18(24-25-19)12-16-10-7-9-15-8-5-6-11-17(15)16/h5-11H,4,12-14H2,1-3H3,(H,24,25)/b26-20+. The lowest BCUT2D eigenvalue weighted by molar-refractivity contribution is -0.143. The highest BCUT2D eigenvalue weighted by Gasteiger charge is 2.34. The minimum Gasteiger partial charge on any atom is -0.318 e. The fraction of sp³-hybridized carbons (Fsp3) is 0.348. The minimum absolute atomic E-state index is 0.0354. The number of hydrogen-bond acceptors (Lipinski definition) is 4. The van der Waals surface area contributed by atoms with Crippen LogP contribution in [0, 0.1) is 5.41 Å². The van der Waals surface area contributed by atoms with Gasteiger partial charge in [0.2, 0.25) is 0 Å². The molecule has 0 amide bonds. The maximum atomic E-state index is 11.6. The van der Waals surface area contributed by atoms with Crippen LogP contribution in [0.5, 0.6) is 0 Å². The molecule has 1 heterocycles. The van der Waals surface area contributed by atoms with Crippen molar-refractivity contribution < 1.29 is 9.63 Å². The second kappa shape index (κ2) is 7.23. The van der Waals surface area contributed by atoms with Crippen molar-refractivity contribution in [2.45, 2.75) is 46.5 Å². The van der Waals surface area contributed by atoms with Crippen molar-refractivity contribution in [3.8, 4) is 0 Å². The molecule has 0 saturated heterocycles. The van der Waals surface area contributed by atoms with Gasteiger partial charge in [0.15, 0.2) is 0 Å². The van der Waals surface area contributed by atoms with Gasteiger partial charge in [0.05, 0.1) is 11.4 Å². The van der Waals surface area contributed by atoms with Crippen molar-refractivity contribution in [3.05, 3.63) is 65.0 Å². The zero-order chi connectivity index (χ0) is 19.7. The summed E-state index contributed by atoms with van der Waals surface area (Å²) < 4.78 is 0. The summed E-state index contributed by atoms with van der Waals surface area (Å²) in [5.41, 5.74) is 5.09. The average molecular weight is 375 g/mol. The molecule has 0 saturated carbocycles. The molecule has 1 aromatic heterocycles. The monoisotopic (exact) mass is 375 g/mol. The summed E-state index contributed by atoms with van der Waals surface area (Å²) in [4.78, 5) is 16.8. The Morgan fingerprint density at radius 1 is 1.18 bits per heavy atom. The Labute approximate surface area is 164 Å². The summed E-state index contributed by atoms with van der Waals surface area (Å²) in [6.45, 7) is 6.15. The summed E-state index contributed by atoms with van der Waals surface area (Å²) in [7, 11) is 0. The number of aromatic amines is 1. The van der Waals surface area contributed by atoms with Gasteiger partial charge in [-0.25, -0.2) is 4.79 Å². The van der Waals surface area contributed by atoms with Crippen LogP contribution in [0.15, 0.2) is 47.6 Å². The van der Waals surface area contributed by atoms with E-state index in [2.05, 4.69) is 71.7 Å². The molecule has 2 aromatic carbocycles. The Bertz CT molecular complexity index is 1060. The van der Waals surface area contributed by atoms with E-state index in [0.717, 1.165) is 35.5 Å². The quantitative estimate of drug-likeness (QED) is 0.527. The van der Waals surface area contributed by atoms with Crippen molar-refractivity contribution in [1.82, 2.24) is 10.2 Å². The molecule has 3 aromatic rings. The normalized spacial score (nSPS) is 16.9. The molecule has 0 bridgehead atoms. The highest BCUT2D eigenvalue weighted by atomic mass is 16.7. The number of carbonyl (C=O) groups excluding carboxylic acids is 1. The molecule has 0 unspecified atom stereocenters. The fourth-order valence-corrected chi connectivity index (χ4v) is 3.98. The van der Waals surface area contributed by atoms with Crippen molar-refractivity contribution >= 4 is 22.5 Å². The van der Waals surface area contributed by atoms with Crippen LogP contribution in [-0.2, 0) is 22.5 Å². The SMILES string of the molecule is CCC(=O)O/N=C1\CC(C)(C)Cc2[nH]nc(Cc3cccc4ccccc34)c21. The molecule has 1 aliphatic rings. The van der Waals surface area contributed by atoms with Gasteiger partial charge in [-0.1, -0.05) is 68.4 Å². The van der Waals surface area contributed by atoms with Gasteiger partial charge in [-0.15, -0.1) is 0 Å². The molecule has 28 heavy (non-hydrogen) atoms. The van der Waals surface area contributed by atoms with Crippen LogP contribution in [0.1, 0.15) is 56.1 Å². The van der Waals surface area contributed by atoms with Crippen LogP contribution in [0.3, 0.4) is 0 Å². The van der Waals surface area contributed by atoms with Gasteiger partial charge in [0.25, 0.3) is 0 Å². The Hall–Kier alpha value is -2.95. The van der Waals surface area contributed by atoms with Gasteiger partial charge >= 0.3 is 5.97 Å². The first-order valence-corrected chi connectivity index (χ1v) is 9.76. The van der Waals surface area contributed by atoms with E-state index in [1.165, 1.54) is 16.3 Å².